The molecule has 0 spiro atoms. The van der Waals surface area contributed by atoms with Gasteiger partial charge in [-0.3, -0.25) is 4.79 Å². The fourth-order valence-electron chi connectivity index (χ4n) is 2.47. The standard InChI is InChI=1S/C21H20FN3O2/c1-25(18-7-3-2-4-8-18)15-20(26)23-13-16-10-11-21(24-14-16)27-19-9-5-6-17(22)12-19/h2-12,14H,13,15H2,1H3,(H,23,26). The minimum absolute atomic E-state index is 0.0820. The molecule has 0 aliphatic heterocycles. The molecule has 0 fully saturated rings. The van der Waals surface area contributed by atoms with E-state index in [0.29, 0.717) is 18.2 Å². The second-order valence-corrected chi connectivity index (χ2v) is 6.03. The molecule has 3 rings (SSSR count). The van der Waals surface area contributed by atoms with E-state index < -0.39 is 0 Å². The van der Waals surface area contributed by atoms with Crippen LogP contribution in [0.5, 0.6) is 11.6 Å². The highest BCUT2D eigenvalue weighted by Crippen LogP contribution is 2.20. The summed E-state index contributed by atoms with van der Waals surface area (Å²) in [5.74, 6) is 0.292. The molecule has 0 saturated heterocycles. The van der Waals surface area contributed by atoms with Crippen LogP contribution in [0.25, 0.3) is 0 Å². The van der Waals surface area contributed by atoms with Gasteiger partial charge in [-0.05, 0) is 29.8 Å². The largest absolute Gasteiger partial charge is 0.439 e. The molecule has 0 aliphatic carbocycles. The van der Waals surface area contributed by atoms with E-state index in [4.69, 9.17) is 4.74 Å². The monoisotopic (exact) mass is 365 g/mol. The maximum absolute atomic E-state index is 13.2. The van der Waals surface area contributed by atoms with E-state index >= 15 is 0 Å². The Labute approximate surface area is 157 Å². The first-order valence-corrected chi connectivity index (χ1v) is 8.51. The van der Waals surface area contributed by atoms with E-state index in [0.717, 1.165) is 11.3 Å². The average Bonchev–Trinajstić information content (AvgIpc) is 2.68. The van der Waals surface area contributed by atoms with Gasteiger partial charge >= 0.3 is 0 Å². The number of anilines is 1. The van der Waals surface area contributed by atoms with Crippen LogP contribution in [0, 0.1) is 5.82 Å². The van der Waals surface area contributed by atoms with Crippen molar-refractivity contribution in [3.63, 3.8) is 0 Å². The Bertz CT molecular complexity index is 885. The van der Waals surface area contributed by atoms with Gasteiger partial charge in [0.15, 0.2) is 0 Å². The summed E-state index contributed by atoms with van der Waals surface area (Å²) in [6.07, 6.45) is 1.62. The molecule has 5 nitrogen and oxygen atoms in total. The van der Waals surface area contributed by atoms with Gasteiger partial charge in [0.25, 0.3) is 0 Å². The van der Waals surface area contributed by atoms with Crippen LogP contribution in [0.2, 0.25) is 0 Å². The fourth-order valence-corrected chi connectivity index (χ4v) is 2.47. The highest BCUT2D eigenvalue weighted by molar-refractivity contribution is 5.81. The maximum Gasteiger partial charge on any atom is 0.239 e. The van der Waals surface area contributed by atoms with Crippen molar-refractivity contribution in [1.82, 2.24) is 10.3 Å². The molecule has 0 atom stereocenters. The number of halogens is 1. The zero-order valence-corrected chi connectivity index (χ0v) is 14.9. The molecule has 1 N–H and O–H groups in total. The number of carbonyl (C=O) groups excluding carboxylic acids is 1. The summed E-state index contributed by atoms with van der Waals surface area (Å²) in [5.41, 5.74) is 1.82. The summed E-state index contributed by atoms with van der Waals surface area (Å²) in [4.78, 5) is 18.2. The van der Waals surface area contributed by atoms with E-state index in [9.17, 15) is 9.18 Å². The van der Waals surface area contributed by atoms with Crippen molar-refractivity contribution in [2.24, 2.45) is 0 Å². The lowest BCUT2D eigenvalue weighted by atomic mass is 10.2. The molecule has 0 bridgehead atoms. The number of nitrogens with zero attached hydrogens (tertiary/aromatic N) is 2. The summed E-state index contributed by atoms with van der Waals surface area (Å²) in [5, 5.41) is 2.87. The van der Waals surface area contributed by atoms with E-state index in [2.05, 4.69) is 10.3 Å². The number of likely N-dealkylation sites (N-methyl/N-ethyl adjacent to an activating group) is 1. The Morgan fingerprint density at radius 1 is 1.11 bits per heavy atom. The first-order chi connectivity index (χ1) is 13.1. The molecular weight excluding hydrogens is 345 g/mol. The molecule has 0 radical (unpaired) electrons. The van der Waals surface area contributed by atoms with Crippen LogP contribution >= 0.6 is 0 Å². The first kappa shape index (κ1) is 18.4. The predicted octanol–water partition coefficient (Wildman–Crippen LogP) is 3.77. The zero-order valence-electron chi connectivity index (χ0n) is 14.9. The van der Waals surface area contributed by atoms with E-state index in [1.165, 1.54) is 12.1 Å². The predicted molar refractivity (Wildman–Crippen MR) is 102 cm³/mol. The number of benzene rings is 2. The van der Waals surface area contributed by atoms with Gasteiger partial charge in [0, 0.05) is 37.6 Å². The molecule has 0 unspecified atom stereocenters. The topological polar surface area (TPSA) is 54.5 Å². The van der Waals surface area contributed by atoms with Gasteiger partial charge in [0.1, 0.15) is 11.6 Å². The van der Waals surface area contributed by atoms with Gasteiger partial charge in [-0.25, -0.2) is 9.37 Å². The zero-order chi connectivity index (χ0) is 19.1. The van der Waals surface area contributed by atoms with Crippen LogP contribution < -0.4 is 15.0 Å². The van der Waals surface area contributed by atoms with Crippen LogP contribution in [-0.4, -0.2) is 24.5 Å². The summed E-state index contributed by atoms with van der Waals surface area (Å²) in [6, 6.07) is 19.1. The van der Waals surface area contributed by atoms with Crippen molar-refractivity contribution < 1.29 is 13.9 Å². The SMILES string of the molecule is CN(CC(=O)NCc1ccc(Oc2cccc(F)c2)nc1)c1ccccc1. The summed E-state index contributed by atoms with van der Waals surface area (Å²) in [6.45, 7) is 0.632. The Morgan fingerprint density at radius 2 is 1.93 bits per heavy atom. The minimum Gasteiger partial charge on any atom is -0.439 e. The van der Waals surface area contributed by atoms with Crippen LogP contribution in [0.1, 0.15) is 5.56 Å². The normalized spacial score (nSPS) is 10.3. The number of rotatable bonds is 7. The Kier molecular flexibility index (Phi) is 5.99. The number of aromatic nitrogens is 1. The number of pyridine rings is 1. The van der Waals surface area contributed by atoms with Gasteiger partial charge in [-0.1, -0.05) is 30.3 Å². The Hall–Kier alpha value is -3.41. The molecule has 1 heterocycles. The molecule has 2 aromatic carbocycles. The summed E-state index contributed by atoms with van der Waals surface area (Å²) >= 11 is 0. The molecule has 1 amide bonds. The van der Waals surface area contributed by atoms with Gasteiger partial charge in [-0.15, -0.1) is 0 Å². The average molecular weight is 365 g/mol. The molecule has 6 heteroatoms. The van der Waals surface area contributed by atoms with Crippen molar-refractivity contribution in [2.45, 2.75) is 6.54 Å². The molecule has 3 aromatic rings. The fraction of sp³-hybridized carbons (Fsp3) is 0.143. The molecule has 0 aliphatic rings. The van der Waals surface area contributed by atoms with Crippen LogP contribution in [0.15, 0.2) is 72.9 Å². The van der Waals surface area contributed by atoms with Crippen molar-refractivity contribution >= 4 is 11.6 Å². The first-order valence-electron chi connectivity index (χ1n) is 8.51. The third kappa shape index (κ3) is 5.54. The van der Waals surface area contributed by atoms with Crippen LogP contribution in [0.4, 0.5) is 10.1 Å². The number of hydrogen-bond acceptors (Lipinski definition) is 4. The lowest BCUT2D eigenvalue weighted by Crippen LogP contribution is -2.34. The maximum atomic E-state index is 13.2. The smallest absolute Gasteiger partial charge is 0.239 e. The third-order valence-corrected chi connectivity index (χ3v) is 3.88. The number of nitrogens with one attached hydrogen (secondary N) is 1. The number of hydrogen-bond donors (Lipinski definition) is 1. The summed E-state index contributed by atoms with van der Waals surface area (Å²) < 4.78 is 18.7. The molecule has 27 heavy (non-hydrogen) atoms. The molecule has 138 valence electrons. The number of ether oxygens (including phenoxy) is 1. The van der Waals surface area contributed by atoms with E-state index in [1.807, 2.05) is 48.3 Å². The van der Waals surface area contributed by atoms with Gasteiger partial charge in [-0.2, -0.15) is 0 Å². The lowest BCUT2D eigenvalue weighted by Gasteiger charge is -2.18. The van der Waals surface area contributed by atoms with Crippen LogP contribution in [0.3, 0.4) is 0 Å². The second kappa shape index (κ2) is 8.80. The lowest BCUT2D eigenvalue weighted by molar-refractivity contribution is -0.119. The number of para-hydroxylation sites is 1. The van der Waals surface area contributed by atoms with Crippen molar-refractivity contribution in [1.29, 1.82) is 0 Å². The number of amides is 1. The Morgan fingerprint density at radius 3 is 2.63 bits per heavy atom. The van der Waals surface area contributed by atoms with Crippen molar-refractivity contribution in [3.05, 3.63) is 84.3 Å². The molecule has 0 saturated carbocycles. The van der Waals surface area contributed by atoms with E-state index in [-0.39, 0.29) is 18.3 Å². The van der Waals surface area contributed by atoms with Crippen LogP contribution in [-0.2, 0) is 11.3 Å². The van der Waals surface area contributed by atoms with Gasteiger partial charge in [0.05, 0.1) is 6.54 Å². The summed E-state index contributed by atoms with van der Waals surface area (Å²) in [7, 11) is 1.87. The van der Waals surface area contributed by atoms with Gasteiger partial charge < -0.3 is 15.0 Å². The van der Waals surface area contributed by atoms with Crippen molar-refractivity contribution in [3.8, 4) is 11.6 Å². The minimum atomic E-state index is -0.368. The van der Waals surface area contributed by atoms with Crippen molar-refractivity contribution in [2.75, 3.05) is 18.5 Å². The quantitative estimate of drug-likeness (QED) is 0.693. The Balaban J connectivity index is 1.49. The van der Waals surface area contributed by atoms with E-state index in [1.54, 1.807) is 24.4 Å². The highest BCUT2D eigenvalue weighted by Gasteiger charge is 2.07. The third-order valence-electron chi connectivity index (χ3n) is 3.88. The number of carbonyl (C=O) groups is 1. The van der Waals surface area contributed by atoms with Gasteiger partial charge in [0.2, 0.25) is 11.8 Å². The highest BCUT2D eigenvalue weighted by atomic mass is 19.1. The second-order valence-electron chi connectivity index (χ2n) is 6.03. The molecule has 1 aromatic heterocycles. The molecular formula is C21H20FN3O2.